The number of carbonyl (C=O) groups is 1. The average Bonchev–Trinajstić information content (AvgIpc) is 3.06. The van der Waals surface area contributed by atoms with Crippen molar-refractivity contribution in [2.75, 3.05) is 18.2 Å². The maximum atomic E-state index is 12.3. The summed E-state index contributed by atoms with van der Waals surface area (Å²) in [5.41, 5.74) is 7.86. The highest BCUT2D eigenvalue weighted by atomic mass is 32.2. The van der Waals surface area contributed by atoms with Crippen LogP contribution in [0.25, 0.3) is 0 Å². The van der Waals surface area contributed by atoms with Crippen molar-refractivity contribution in [3.63, 3.8) is 0 Å². The second kappa shape index (κ2) is 7.71. The monoisotopic (exact) mass is 355 g/mol. The Morgan fingerprint density at radius 3 is 2.52 bits per heavy atom. The molecule has 0 aliphatic heterocycles. The number of nitrogen functional groups attached to an aromatic ring is 1. The van der Waals surface area contributed by atoms with E-state index in [1.165, 1.54) is 11.8 Å². The SMILES string of the molecule is COc1ccc(NC(=O)c2ccc(CSc3n[nH]c(N)n3)cc2)cc1. The third-order valence-electron chi connectivity index (χ3n) is 3.41. The van der Waals surface area contributed by atoms with E-state index in [-0.39, 0.29) is 5.91 Å². The first kappa shape index (κ1) is 16.8. The van der Waals surface area contributed by atoms with Crippen LogP contribution >= 0.6 is 11.8 Å². The van der Waals surface area contributed by atoms with Crippen LogP contribution in [-0.4, -0.2) is 28.2 Å². The standard InChI is InChI=1S/C17H17N5O2S/c1-24-14-8-6-13(7-9-14)19-15(23)12-4-2-11(3-5-12)10-25-17-20-16(18)21-22-17/h2-9H,10H2,1H3,(H,19,23)(H3,18,20,21,22). The van der Waals surface area contributed by atoms with Gasteiger partial charge in [-0.1, -0.05) is 23.9 Å². The molecule has 0 radical (unpaired) electrons. The normalized spacial score (nSPS) is 10.4. The number of carbonyl (C=O) groups excluding carboxylic acids is 1. The van der Waals surface area contributed by atoms with Gasteiger partial charge >= 0.3 is 0 Å². The Balaban J connectivity index is 1.57. The maximum Gasteiger partial charge on any atom is 0.255 e. The van der Waals surface area contributed by atoms with Crippen LogP contribution in [0.3, 0.4) is 0 Å². The van der Waals surface area contributed by atoms with Crippen molar-refractivity contribution in [2.24, 2.45) is 0 Å². The van der Waals surface area contributed by atoms with E-state index in [0.29, 0.717) is 28.1 Å². The highest BCUT2D eigenvalue weighted by Gasteiger charge is 2.07. The van der Waals surface area contributed by atoms with Gasteiger partial charge < -0.3 is 15.8 Å². The van der Waals surface area contributed by atoms with Crippen LogP contribution in [-0.2, 0) is 5.75 Å². The number of benzene rings is 2. The lowest BCUT2D eigenvalue weighted by molar-refractivity contribution is 0.102. The molecule has 0 fully saturated rings. The number of amides is 1. The number of hydrogen-bond donors (Lipinski definition) is 3. The summed E-state index contributed by atoms with van der Waals surface area (Å²) in [6, 6.07) is 14.6. The molecule has 25 heavy (non-hydrogen) atoms. The second-order valence-electron chi connectivity index (χ2n) is 5.17. The van der Waals surface area contributed by atoms with Crippen molar-refractivity contribution in [3.05, 3.63) is 59.7 Å². The zero-order chi connectivity index (χ0) is 17.6. The number of nitrogens with two attached hydrogens (primary N) is 1. The molecule has 4 N–H and O–H groups in total. The summed E-state index contributed by atoms with van der Waals surface area (Å²) in [5.74, 6) is 1.57. The quantitative estimate of drug-likeness (QED) is 0.587. The number of rotatable bonds is 6. The van der Waals surface area contributed by atoms with Crippen molar-refractivity contribution >= 4 is 29.3 Å². The Morgan fingerprint density at radius 1 is 1.20 bits per heavy atom. The highest BCUT2D eigenvalue weighted by molar-refractivity contribution is 7.98. The summed E-state index contributed by atoms with van der Waals surface area (Å²) in [6.07, 6.45) is 0. The van der Waals surface area contributed by atoms with Gasteiger partial charge in [0.05, 0.1) is 7.11 Å². The molecule has 3 aromatic rings. The lowest BCUT2D eigenvalue weighted by Gasteiger charge is -2.07. The third-order valence-corrected chi connectivity index (χ3v) is 4.33. The number of aromatic nitrogens is 3. The zero-order valence-corrected chi connectivity index (χ0v) is 14.3. The average molecular weight is 355 g/mol. The van der Waals surface area contributed by atoms with Crippen molar-refractivity contribution in [1.29, 1.82) is 0 Å². The van der Waals surface area contributed by atoms with Crippen LogP contribution in [0.5, 0.6) is 5.75 Å². The topological polar surface area (TPSA) is 106 Å². The van der Waals surface area contributed by atoms with E-state index < -0.39 is 0 Å². The van der Waals surface area contributed by atoms with Crippen LogP contribution < -0.4 is 15.8 Å². The summed E-state index contributed by atoms with van der Waals surface area (Å²) < 4.78 is 5.10. The van der Waals surface area contributed by atoms with Crippen molar-refractivity contribution in [3.8, 4) is 5.75 Å². The number of anilines is 2. The summed E-state index contributed by atoms with van der Waals surface area (Å²) >= 11 is 1.47. The minimum Gasteiger partial charge on any atom is -0.497 e. The van der Waals surface area contributed by atoms with E-state index >= 15 is 0 Å². The number of methoxy groups -OCH3 is 1. The van der Waals surface area contributed by atoms with E-state index in [4.69, 9.17) is 10.5 Å². The number of ether oxygens (including phenoxy) is 1. The molecular weight excluding hydrogens is 338 g/mol. The summed E-state index contributed by atoms with van der Waals surface area (Å²) in [7, 11) is 1.60. The van der Waals surface area contributed by atoms with Gasteiger partial charge in [-0.3, -0.25) is 4.79 Å². The summed E-state index contributed by atoms with van der Waals surface area (Å²) in [4.78, 5) is 16.3. The lowest BCUT2D eigenvalue weighted by atomic mass is 10.1. The minimum atomic E-state index is -0.161. The molecule has 7 nitrogen and oxygen atoms in total. The number of aromatic amines is 1. The van der Waals surface area contributed by atoms with E-state index in [9.17, 15) is 4.79 Å². The number of H-pyrrole nitrogens is 1. The molecule has 1 aromatic heterocycles. The molecule has 0 saturated carbocycles. The maximum absolute atomic E-state index is 12.3. The van der Waals surface area contributed by atoms with Gasteiger partial charge in [0.2, 0.25) is 11.1 Å². The first-order valence-electron chi connectivity index (χ1n) is 7.49. The third kappa shape index (κ3) is 4.51. The van der Waals surface area contributed by atoms with E-state index in [1.807, 2.05) is 12.1 Å². The molecule has 0 saturated heterocycles. The van der Waals surface area contributed by atoms with Crippen LogP contribution in [0.1, 0.15) is 15.9 Å². The Hall–Kier alpha value is -3.00. The van der Waals surface area contributed by atoms with Gasteiger partial charge in [-0.15, -0.1) is 5.10 Å². The van der Waals surface area contributed by atoms with Crippen molar-refractivity contribution in [1.82, 2.24) is 15.2 Å². The smallest absolute Gasteiger partial charge is 0.255 e. The lowest BCUT2D eigenvalue weighted by Crippen LogP contribution is -2.11. The minimum absolute atomic E-state index is 0.161. The number of nitrogens with one attached hydrogen (secondary N) is 2. The Morgan fingerprint density at radius 2 is 1.92 bits per heavy atom. The highest BCUT2D eigenvalue weighted by Crippen LogP contribution is 2.20. The molecule has 128 valence electrons. The van der Waals surface area contributed by atoms with Gasteiger partial charge in [0.1, 0.15) is 5.75 Å². The first-order valence-corrected chi connectivity index (χ1v) is 8.47. The summed E-state index contributed by atoms with van der Waals surface area (Å²) in [6.45, 7) is 0. The molecule has 0 unspecified atom stereocenters. The molecule has 1 amide bonds. The van der Waals surface area contributed by atoms with E-state index in [1.54, 1.807) is 43.5 Å². The summed E-state index contributed by atoms with van der Waals surface area (Å²) in [5, 5.41) is 10.0. The molecule has 3 rings (SSSR count). The molecule has 0 aliphatic rings. The van der Waals surface area contributed by atoms with Gasteiger partial charge in [-0.05, 0) is 42.0 Å². The van der Waals surface area contributed by atoms with Gasteiger partial charge in [0, 0.05) is 17.0 Å². The number of hydrogen-bond acceptors (Lipinski definition) is 6. The van der Waals surface area contributed by atoms with Gasteiger partial charge in [0.25, 0.3) is 5.91 Å². The van der Waals surface area contributed by atoms with Crippen LogP contribution in [0.4, 0.5) is 11.6 Å². The fourth-order valence-electron chi connectivity index (χ4n) is 2.10. The molecule has 0 bridgehead atoms. The molecular formula is C17H17N5O2S. The molecule has 2 aromatic carbocycles. The molecule has 1 heterocycles. The Kier molecular flexibility index (Phi) is 5.20. The first-order chi connectivity index (χ1) is 12.1. The van der Waals surface area contributed by atoms with Gasteiger partial charge in [-0.25, -0.2) is 5.10 Å². The molecule has 8 heteroatoms. The molecule has 0 aliphatic carbocycles. The van der Waals surface area contributed by atoms with Crippen LogP contribution in [0.15, 0.2) is 53.7 Å². The zero-order valence-electron chi connectivity index (χ0n) is 13.5. The molecule has 0 atom stereocenters. The second-order valence-corrected chi connectivity index (χ2v) is 6.11. The fraction of sp³-hybridized carbons (Fsp3) is 0.118. The van der Waals surface area contributed by atoms with Gasteiger partial charge in [0.15, 0.2) is 0 Å². The Labute approximate surface area is 149 Å². The van der Waals surface area contributed by atoms with Crippen LogP contribution in [0.2, 0.25) is 0 Å². The van der Waals surface area contributed by atoms with Gasteiger partial charge in [-0.2, -0.15) is 4.98 Å². The fourth-order valence-corrected chi connectivity index (χ4v) is 2.86. The Bertz CT molecular complexity index is 846. The van der Waals surface area contributed by atoms with E-state index in [0.717, 1.165) is 11.3 Å². The van der Waals surface area contributed by atoms with Crippen LogP contribution in [0, 0.1) is 0 Å². The van der Waals surface area contributed by atoms with E-state index in [2.05, 4.69) is 20.5 Å². The largest absolute Gasteiger partial charge is 0.497 e. The van der Waals surface area contributed by atoms with Crippen molar-refractivity contribution in [2.45, 2.75) is 10.9 Å². The predicted octanol–water partition coefficient (Wildman–Crippen LogP) is 2.94. The predicted molar refractivity (Wildman–Crippen MR) is 97.7 cm³/mol. The number of thioether (sulfide) groups is 1. The number of nitrogens with zero attached hydrogens (tertiary/aromatic N) is 2. The molecule has 0 spiro atoms. The van der Waals surface area contributed by atoms with Crippen molar-refractivity contribution < 1.29 is 9.53 Å².